The molecule has 4 nitrogen and oxygen atoms in total. The molecule has 1 N–H and O–H groups in total. The van der Waals surface area contributed by atoms with E-state index in [0.717, 1.165) is 17.9 Å². The third-order valence-corrected chi connectivity index (χ3v) is 2.89. The second-order valence-corrected chi connectivity index (χ2v) is 4.53. The summed E-state index contributed by atoms with van der Waals surface area (Å²) in [6.07, 6.45) is 2.15. The van der Waals surface area contributed by atoms with Crippen LogP contribution in [-0.2, 0) is 6.61 Å². The van der Waals surface area contributed by atoms with Crippen molar-refractivity contribution < 1.29 is 14.3 Å². The summed E-state index contributed by atoms with van der Waals surface area (Å²) in [5.41, 5.74) is -0.251. The molecule has 0 fully saturated rings. The summed E-state index contributed by atoms with van der Waals surface area (Å²) in [6.45, 7) is 2.34. The van der Waals surface area contributed by atoms with Gasteiger partial charge in [-0.15, -0.1) is 0 Å². The van der Waals surface area contributed by atoms with Crippen LogP contribution in [0.2, 0.25) is 0 Å². The highest BCUT2D eigenvalue weighted by atomic mass is 32.2. The standard InChI is InChI=1S/C11H16O4S/c1-2-16-5-3-4-14-11-8-15-9(7-12)6-10(11)13/h6,8,12H,2-5,7H2,1H3. The van der Waals surface area contributed by atoms with E-state index < -0.39 is 0 Å². The molecule has 0 aliphatic heterocycles. The first kappa shape index (κ1) is 13.1. The molecular formula is C11H16O4S. The average molecular weight is 244 g/mol. The minimum absolute atomic E-state index is 0.207. The van der Waals surface area contributed by atoms with Crippen LogP contribution in [0.3, 0.4) is 0 Å². The van der Waals surface area contributed by atoms with Crippen molar-refractivity contribution in [2.75, 3.05) is 18.1 Å². The Labute approximate surface area is 98.6 Å². The Morgan fingerprint density at radius 1 is 1.56 bits per heavy atom. The zero-order valence-corrected chi connectivity index (χ0v) is 10.1. The fraction of sp³-hybridized carbons (Fsp3) is 0.545. The summed E-state index contributed by atoms with van der Waals surface area (Å²) in [4.78, 5) is 11.4. The van der Waals surface area contributed by atoms with Crippen LogP contribution >= 0.6 is 11.8 Å². The van der Waals surface area contributed by atoms with E-state index in [-0.39, 0.29) is 23.5 Å². The van der Waals surface area contributed by atoms with Gasteiger partial charge >= 0.3 is 0 Å². The van der Waals surface area contributed by atoms with E-state index in [1.165, 1.54) is 12.3 Å². The molecule has 5 heteroatoms. The summed E-state index contributed by atoms with van der Waals surface area (Å²) in [6, 6.07) is 1.25. The van der Waals surface area contributed by atoms with Crippen molar-refractivity contribution in [2.45, 2.75) is 20.0 Å². The molecule has 90 valence electrons. The number of hydrogen-bond donors (Lipinski definition) is 1. The minimum Gasteiger partial charge on any atom is -0.487 e. The van der Waals surface area contributed by atoms with Crippen molar-refractivity contribution in [3.05, 3.63) is 28.3 Å². The van der Waals surface area contributed by atoms with Gasteiger partial charge < -0.3 is 14.3 Å². The van der Waals surface area contributed by atoms with Crippen LogP contribution in [0.1, 0.15) is 19.1 Å². The van der Waals surface area contributed by atoms with E-state index in [9.17, 15) is 4.79 Å². The number of rotatable bonds is 7. The Hall–Kier alpha value is -0.940. The van der Waals surface area contributed by atoms with Crippen LogP contribution in [0.15, 0.2) is 21.5 Å². The van der Waals surface area contributed by atoms with Crippen LogP contribution in [0.4, 0.5) is 0 Å². The molecule has 16 heavy (non-hydrogen) atoms. The van der Waals surface area contributed by atoms with E-state index in [0.29, 0.717) is 6.61 Å². The van der Waals surface area contributed by atoms with E-state index in [1.807, 2.05) is 11.8 Å². The summed E-state index contributed by atoms with van der Waals surface area (Å²) in [7, 11) is 0. The predicted molar refractivity (Wildman–Crippen MR) is 64.0 cm³/mol. The summed E-state index contributed by atoms with van der Waals surface area (Å²) in [5, 5.41) is 8.75. The van der Waals surface area contributed by atoms with Gasteiger partial charge in [-0.3, -0.25) is 4.79 Å². The molecule has 0 aromatic carbocycles. The van der Waals surface area contributed by atoms with Crippen molar-refractivity contribution >= 4 is 11.8 Å². The lowest BCUT2D eigenvalue weighted by Gasteiger charge is -2.04. The lowest BCUT2D eigenvalue weighted by atomic mass is 10.4. The van der Waals surface area contributed by atoms with Crippen LogP contribution in [0, 0.1) is 0 Å². The SMILES string of the molecule is CCSCCCOc1coc(CO)cc1=O. The van der Waals surface area contributed by atoms with Crippen LogP contribution in [-0.4, -0.2) is 23.2 Å². The van der Waals surface area contributed by atoms with Gasteiger partial charge in [0.05, 0.1) is 6.61 Å². The zero-order valence-electron chi connectivity index (χ0n) is 9.27. The van der Waals surface area contributed by atoms with E-state index in [1.54, 1.807) is 0 Å². The van der Waals surface area contributed by atoms with Gasteiger partial charge in [-0.1, -0.05) is 6.92 Å². The largest absolute Gasteiger partial charge is 0.487 e. The average Bonchev–Trinajstić information content (AvgIpc) is 2.30. The van der Waals surface area contributed by atoms with Crippen LogP contribution in [0.5, 0.6) is 5.75 Å². The molecule has 1 rings (SSSR count). The molecule has 1 aromatic rings. The molecule has 0 unspecified atom stereocenters. The monoisotopic (exact) mass is 244 g/mol. The molecule has 0 saturated carbocycles. The van der Waals surface area contributed by atoms with E-state index >= 15 is 0 Å². The molecule has 1 aromatic heterocycles. The normalized spacial score (nSPS) is 10.4. The van der Waals surface area contributed by atoms with Crippen molar-refractivity contribution in [1.82, 2.24) is 0 Å². The Morgan fingerprint density at radius 2 is 2.38 bits per heavy atom. The van der Waals surface area contributed by atoms with Gasteiger partial charge in [-0.05, 0) is 17.9 Å². The highest BCUT2D eigenvalue weighted by molar-refractivity contribution is 7.99. The minimum atomic E-state index is -0.275. The van der Waals surface area contributed by atoms with Gasteiger partial charge in [-0.2, -0.15) is 11.8 Å². The molecule has 0 saturated heterocycles. The van der Waals surface area contributed by atoms with E-state index in [4.69, 9.17) is 14.3 Å². The fourth-order valence-corrected chi connectivity index (χ4v) is 1.72. The van der Waals surface area contributed by atoms with Gasteiger partial charge in [0.2, 0.25) is 11.2 Å². The molecule has 1 heterocycles. The van der Waals surface area contributed by atoms with Gasteiger partial charge in [0, 0.05) is 6.07 Å². The maximum atomic E-state index is 11.4. The number of hydrogen-bond acceptors (Lipinski definition) is 5. The van der Waals surface area contributed by atoms with Crippen molar-refractivity contribution in [3.63, 3.8) is 0 Å². The fourth-order valence-electron chi connectivity index (χ4n) is 1.11. The van der Waals surface area contributed by atoms with Gasteiger partial charge in [0.15, 0.2) is 0 Å². The Morgan fingerprint density at radius 3 is 3.00 bits per heavy atom. The maximum absolute atomic E-state index is 11.4. The predicted octanol–water partition coefficient (Wildman–Crippen LogP) is 1.65. The molecule has 0 radical (unpaired) electrons. The molecular weight excluding hydrogens is 228 g/mol. The number of aliphatic hydroxyl groups is 1. The van der Waals surface area contributed by atoms with Crippen LogP contribution in [0.25, 0.3) is 0 Å². The van der Waals surface area contributed by atoms with Crippen molar-refractivity contribution in [3.8, 4) is 5.75 Å². The topological polar surface area (TPSA) is 59.7 Å². The molecule has 0 spiro atoms. The van der Waals surface area contributed by atoms with Gasteiger partial charge in [0.1, 0.15) is 18.6 Å². The van der Waals surface area contributed by atoms with Crippen LogP contribution < -0.4 is 10.2 Å². The maximum Gasteiger partial charge on any atom is 0.227 e. The number of thioether (sulfide) groups is 1. The summed E-state index contributed by atoms with van der Waals surface area (Å²) >= 11 is 1.84. The smallest absolute Gasteiger partial charge is 0.227 e. The molecule has 0 aliphatic carbocycles. The summed E-state index contributed by atoms with van der Waals surface area (Å²) < 4.78 is 10.3. The number of aliphatic hydroxyl groups excluding tert-OH is 1. The van der Waals surface area contributed by atoms with Crippen molar-refractivity contribution in [2.24, 2.45) is 0 Å². The first-order chi connectivity index (χ1) is 7.77. The molecule has 0 amide bonds. The van der Waals surface area contributed by atoms with Gasteiger partial charge in [-0.25, -0.2) is 0 Å². The second-order valence-electron chi connectivity index (χ2n) is 3.13. The van der Waals surface area contributed by atoms with Crippen molar-refractivity contribution in [1.29, 1.82) is 0 Å². The van der Waals surface area contributed by atoms with Gasteiger partial charge in [0.25, 0.3) is 0 Å². The zero-order chi connectivity index (χ0) is 11.8. The Kier molecular flexibility index (Phi) is 6.03. The quantitative estimate of drug-likeness (QED) is 0.739. The first-order valence-corrected chi connectivity index (χ1v) is 6.36. The third-order valence-electron chi connectivity index (χ3n) is 1.90. The summed E-state index contributed by atoms with van der Waals surface area (Å²) in [5.74, 6) is 2.57. The molecule has 0 aliphatic rings. The Bertz CT molecular complexity index is 361. The molecule has 0 atom stereocenters. The first-order valence-electron chi connectivity index (χ1n) is 5.21. The third kappa shape index (κ3) is 4.28. The highest BCUT2D eigenvalue weighted by Crippen LogP contribution is 2.07. The Balaban J connectivity index is 2.39. The highest BCUT2D eigenvalue weighted by Gasteiger charge is 2.03. The molecule has 0 bridgehead atoms. The lowest BCUT2D eigenvalue weighted by molar-refractivity contribution is 0.237. The lowest BCUT2D eigenvalue weighted by Crippen LogP contribution is -2.09. The van der Waals surface area contributed by atoms with E-state index in [2.05, 4.69) is 6.92 Å². The second kappa shape index (κ2) is 7.35. The number of ether oxygens (including phenoxy) is 1.